The highest BCUT2D eigenvalue weighted by molar-refractivity contribution is 9.10. The number of anilines is 1. The van der Waals surface area contributed by atoms with Gasteiger partial charge in [0.05, 0.1) is 11.0 Å². The van der Waals surface area contributed by atoms with E-state index in [2.05, 4.69) is 26.2 Å². The number of alkyl halides is 3. The van der Waals surface area contributed by atoms with Gasteiger partial charge in [-0.25, -0.2) is 4.98 Å². The highest BCUT2D eigenvalue weighted by Crippen LogP contribution is 2.24. The summed E-state index contributed by atoms with van der Waals surface area (Å²) in [7, 11) is 0. The second-order valence-corrected chi connectivity index (χ2v) is 6.08. The van der Waals surface area contributed by atoms with Crippen molar-refractivity contribution in [1.82, 2.24) is 9.88 Å². The van der Waals surface area contributed by atoms with Gasteiger partial charge in [-0.1, -0.05) is 0 Å². The van der Waals surface area contributed by atoms with Crippen LogP contribution in [0, 0.1) is 12.8 Å². The fraction of sp³-hybridized carbons (Fsp3) is 0.615. The van der Waals surface area contributed by atoms with E-state index in [-0.39, 0.29) is 5.92 Å². The van der Waals surface area contributed by atoms with Gasteiger partial charge in [0.25, 0.3) is 0 Å². The van der Waals surface area contributed by atoms with Crippen LogP contribution in [0.5, 0.6) is 0 Å². The predicted molar refractivity (Wildman–Crippen MR) is 75.8 cm³/mol. The molecule has 2 rings (SSSR count). The second kappa shape index (κ2) is 6.30. The summed E-state index contributed by atoms with van der Waals surface area (Å²) >= 11 is 3.42. The summed E-state index contributed by atoms with van der Waals surface area (Å²) in [5, 5.41) is 3.20. The summed E-state index contributed by atoms with van der Waals surface area (Å²) < 4.78 is 37.8. The Kier molecular flexibility index (Phi) is 4.90. The quantitative estimate of drug-likeness (QED) is 0.900. The van der Waals surface area contributed by atoms with Crippen LogP contribution >= 0.6 is 15.9 Å². The van der Waals surface area contributed by atoms with Gasteiger partial charge in [0.2, 0.25) is 0 Å². The van der Waals surface area contributed by atoms with Crippen molar-refractivity contribution < 1.29 is 13.2 Å². The Morgan fingerprint density at radius 1 is 1.50 bits per heavy atom. The fourth-order valence-electron chi connectivity index (χ4n) is 2.38. The van der Waals surface area contributed by atoms with Gasteiger partial charge in [-0.15, -0.1) is 0 Å². The lowest BCUT2D eigenvalue weighted by Gasteiger charge is -2.18. The van der Waals surface area contributed by atoms with Crippen molar-refractivity contribution in [3.8, 4) is 0 Å². The minimum Gasteiger partial charge on any atom is -0.369 e. The molecule has 0 aliphatic carbocycles. The van der Waals surface area contributed by atoms with Crippen molar-refractivity contribution in [2.45, 2.75) is 19.5 Å². The molecule has 0 bridgehead atoms. The Labute approximate surface area is 124 Å². The van der Waals surface area contributed by atoms with Gasteiger partial charge >= 0.3 is 6.18 Å². The van der Waals surface area contributed by atoms with Gasteiger partial charge in [0.1, 0.15) is 5.82 Å². The normalized spacial score (nSPS) is 20.4. The number of aryl methyl sites for hydroxylation is 1. The Bertz CT molecular complexity index is 465. The molecule has 20 heavy (non-hydrogen) atoms. The van der Waals surface area contributed by atoms with Crippen LogP contribution in [0.4, 0.5) is 19.0 Å². The number of aromatic nitrogens is 1. The standard InChI is InChI=1S/C13H17BrF3N3/c1-9-4-11(14)12(18-5-9)19-6-10-2-3-20(7-10)8-13(15,16)17/h4-5,10H,2-3,6-8H2,1H3,(H,18,19). The number of hydrogen-bond donors (Lipinski definition) is 1. The zero-order valence-corrected chi connectivity index (χ0v) is 12.8. The molecule has 7 heteroatoms. The monoisotopic (exact) mass is 351 g/mol. The maximum Gasteiger partial charge on any atom is 0.401 e. The fourth-order valence-corrected chi connectivity index (χ4v) is 2.98. The molecule has 2 heterocycles. The van der Waals surface area contributed by atoms with Crippen LogP contribution in [-0.4, -0.2) is 42.2 Å². The lowest BCUT2D eigenvalue weighted by molar-refractivity contribution is -0.143. The Morgan fingerprint density at radius 2 is 2.25 bits per heavy atom. The molecule has 0 amide bonds. The average molecular weight is 352 g/mol. The van der Waals surface area contributed by atoms with E-state index in [0.29, 0.717) is 19.6 Å². The van der Waals surface area contributed by atoms with E-state index in [1.807, 2.05) is 13.0 Å². The molecule has 1 atom stereocenters. The van der Waals surface area contributed by atoms with E-state index in [1.54, 1.807) is 6.20 Å². The van der Waals surface area contributed by atoms with Crippen molar-refractivity contribution in [1.29, 1.82) is 0 Å². The highest BCUT2D eigenvalue weighted by Gasteiger charge is 2.34. The van der Waals surface area contributed by atoms with Gasteiger partial charge in [-0.3, -0.25) is 4.90 Å². The number of hydrogen-bond acceptors (Lipinski definition) is 3. The van der Waals surface area contributed by atoms with Crippen molar-refractivity contribution in [2.75, 3.05) is 31.5 Å². The minimum absolute atomic E-state index is 0.229. The molecule has 0 aromatic carbocycles. The maximum absolute atomic E-state index is 12.3. The molecule has 1 aliphatic rings. The van der Waals surface area contributed by atoms with E-state index in [4.69, 9.17) is 0 Å². The first kappa shape index (κ1) is 15.6. The molecule has 0 radical (unpaired) electrons. The SMILES string of the molecule is Cc1cnc(NCC2CCN(CC(F)(F)F)C2)c(Br)c1. The first-order valence-electron chi connectivity index (χ1n) is 6.48. The van der Waals surface area contributed by atoms with Crippen LogP contribution in [0.1, 0.15) is 12.0 Å². The first-order valence-corrected chi connectivity index (χ1v) is 7.28. The lowest BCUT2D eigenvalue weighted by atomic mass is 10.1. The van der Waals surface area contributed by atoms with E-state index >= 15 is 0 Å². The lowest BCUT2D eigenvalue weighted by Crippen LogP contribution is -2.33. The van der Waals surface area contributed by atoms with Crippen LogP contribution in [0.3, 0.4) is 0 Å². The number of halogens is 4. The number of nitrogens with one attached hydrogen (secondary N) is 1. The molecule has 0 spiro atoms. The summed E-state index contributed by atoms with van der Waals surface area (Å²) in [5.41, 5.74) is 1.06. The molecule has 1 aliphatic heterocycles. The maximum atomic E-state index is 12.3. The molecule has 1 N–H and O–H groups in total. The minimum atomic E-state index is -4.11. The summed E-state index contributed by atoms with van der Waals surface area (Å²) in [6.07, 6.45) is -1.56. The summed E-state index contributed by atoms with van der Waals surface area (Å²) in [4.78, 5) is 5.73. The van der Waals surface area contributed by atoms with Gasteiger partial charge in [0, 0.05) is 19.3 Å². The van der Waals surface area contributed by atoms with E-state index in [0.717, 1.165) is 22.3 Å². The topological polar surface area (TPSA) is 28.2 Å². The van der Waals surface area contributed by atoms with Crippen LogP contribution < -0.4 is 5.32 Å². The third-order valence-corrected chi connectivity index (χ3v) is 3.91. The molecule has 1 aromatic rings. The van der Waals surface area contributed by atoms with E-state index < -0.39 is 12.7 Å². The molecule has 1 unspecified atom stereocenters. The van der Waals surface area contributed by atoms with Crippen LogP contribution in [0.15, 0.2) is 16.7 Å². The number of likely N-dealkylation sites (tertiary alicyclic amines) is 1. The van der Waals surface area contributed by atoms with Crippen molar-refractivity contribution in [3.05, 3.63) is 22.3 Å². The summed E-state index contributed by atoms with van der Waals surface area (Å²) in [6, 6.07) is 1.96. The number of rotatable bonds is 4. The third-order valence-electron chi connectivity index (χ3n) is 3.31. The van der Waals surface area contributed by atoms with Crippen molar-refractivity contribution >= 4 is 21.7 Å². The molecule has 1 saturated heterocycles. The molecule has 3 nitrogen and oxygen atoms in total. The van der Waals surface area contributed by atoms with Gasteiger partial charge in [0.15, 0.2) is 0 Å². The summed E-state index contributed by atoms with van der Waals surface area (Å²) in [5.74, 6) is 0.970. The van der Waals surface area contributed by atoms with E-state index in [1.165, 1.54) is 4.90 Å². The molecule has 0 saturated carbocycles. The Morgan fingerprint density at radius 3 is 2.90 bits per heavy atom. The molecule has 1 fully saturated rings. The molecular formula is C13H17BrF3N3. The molecule has 1 aromatic heterocycles. The van der Waals surface area contributed by atoms with Gasteiger partial charge < -0.3 is 5.32 Å². The Balaban J connectivity index is 1.81. The molecule has 112 valence electrons. The highest BCUT2D eigenvalue weighted by atomic mass is 79.9. The zero-order valence-electron chi connectivity index (χ0n) is 11.2. The van der Waals surface area contributed by atoms with Crippen molar-refractivity contribution in [2.24, 2.45) is 5.92 Å². The largest absolute Gasteiger partial charge is 0.401 e. The van der Waals surface area contributed by atoms with Crippen LogP contribution in [0.2, 0.25) is 0 Å². The third kappa shape index (κ3) is 4.63. The predicted octanol–water partition coefficient (Wildman–Crippen LogP) is 3.45. The van der Waals surface area contributed by atoms with Gasteiger partial charge in [-0.05, 0) is 53.4 Å². The first-order chi connectivity index (χ1) is 9.33. The smallest absolute Gasteiger partial charge is 0.369 e. The van der Waals surface area contributed by atoms with Crippen LogP contribution in [0.25, 0.3) is 0 Å². The summed E-state index contributed by atoms with van der Waals surface area (Å²) in [6.45, 7) is 2.77. The number of nitrogens with zero attached hydrogens (tertiary/aromatic N) is 2. The van der Waals surface area contributed by atoms with Crippen LogP contribution in [-0.2, 0) is 0 Å². The zero-order chi connectivity index (χ0) is 14.8. The average Bonchev–Trinajstić information content (AvgIpc) is 2.73. The van der Waals surface area contributed by atoms with Crippen molar-refractivity contribution in [3.63, 3.8) is 0 Å². The second-order valence-electron chi connectivity index (χ2n) is 5.23. The number of pyridine rings is 1. The van der Waals surface area contributed by atoms with E-state index in [9.17, 15) is 13.2 Å². The Hall–Kier alpha value is -0.820. The van der Waals surface area contributed by atoms with Gasteiger partial charge in [-0.2, -0.15) is 13.2 Å². The molecular weight excluding hydrogens is 335 g/mol.